The third kappa shape index (κ3) is 11.9. The highest BCUT2D eigenvalue weighted by atomic mass is 16.3. The van der Waals surface area contributed by atoms with Crippen molar-refractivity contribution in [1.29, 1.82) is 0 Å². The van der Waals surface area contributed by atoms with Gasteiger partial charge < -0.3 is 10.4 Å². The zero-order valence-electron chi connectivity index (χ0n) is 12.6. The molecule has 1 unspecified atom stereocenters. The van der Waals surface area contributed by atoms with Crippen LogP contribution in [0.2, 0.25) is 0 Å². The summed E-state index contributed by atoms with van der Waals surface area (Å²) < 4.78 is 0. The third-order valence-electron chi connectivity index (χ3n) is 2.89. The van der Waals surface area contributed by atoms with Gasteiger partial charge in [-0.2, -0.15) is 0 Å². The van der Waals surface area contributed by atoms with Crippen LogP contribution >= 0.6 is 0 Å². The topological polar surface area (TPSA) is 49.3 Å². The number of carbonyl (C=O) groups excluding carboxylic acids is 1. The zero-order valence-corrected chi connectivity index (χ0v) is 12.6. The first-order valence-electron chi connectivity index (χ1n) is 7.30. The summed E-state index contributed by atoms with van der Waals surface area (Å²) in [5, 5.41) is 12.6. The summed E-state index contributed by atoms with van der Waals surface area (Å²) in [6, 6.07) is 0. The van der Waals surface area contributed by atoms with E-state index in [0.29, 0.717) is 19.4 Å². The number of aliphatic hydroxyl groups excluding tert-OH is 1. The number of unbranched alkanes of at least 4 members (excludes halogenated alkanes) is 4. The Labute approximate surface area is 112 Å². The summed E-state index contributed by atoms with van der Waals surface area (Å²) in [5.74, 6) is 0.0689. The molecule has 0 aliphatic heterocycles. The molecule has 18 heavy (non-hydrogen) atoms. The predicted molar refractivity (Wildman–Crippen MR) is 76.5 cm³/mol. The van der Waals surface area contributed by atoms with Crippen LogP contribution in [-0.2, 0) is 4.79 Å². The molecule has 0 saturated carbocycles. The van der Waals surface area contributed by atoms with E-state index in [1.165, 1.54) is 19.3 Å². The molecule has 1 atom stereocenters. The summed E-state index contributed by atoms with van der Waals surface area (Å²) in [6.07, 6.45) is 6.66. The molecule has 0 bridgehead atoms. The van der Waals surface area contributed by atoms with E-state index >= 15 is 0 Å². The van der Waals surface area contributed by atoms with Crippen LogP contribution in [0.4, 0.5) is 0 Å². The molecule has 0 aliphatic carbocycles. The number of aliphatic hydroxyl groups is 1. The first-order chi connectivity index (χ1) is 8.35. The van der Waals surface area contributed by atoms with Crippen molar-refractivity contribution >= 4 is 5.91 Å². The molecule has 3 nitrogen and oxygen atoms in total. The Morgan fingerprint density at radius 3 is 2.33 bits per heavy atom. The van der Waals surface area contributed by atoms with Gasteiger partial charge in [-0.05, 0) is 18.3 Å². The van der Waals surface area contributed by atoms with Crippen molar-refractivity contribution in [3.05, 3.63) is 0 Å². The molecule has 108 valence electrons. The standard InChI is InChI=1S/C15H31NO2/c1-5-6-7-8-9-10-14(18)16-12-13(17)11-15(2,3)4/h13,17H,5-12H2,1-4H3,(H,16,18). The Kier molecular flexibility index (Phi) is 9.08. The van der Waals surface area contributed by atoms with Gasteiger partial charge in [0.25, 0.3) is 0 Å². The fourth-order valence-electron chi connectivity index (χ4n) is 1.99. The van der Waals surface area contributed by atoms with Crippen molar-refractivity contribution in [3.63, 3.8) is 0 Å². The van der Waals surface area contributed by atoms with Gasteiger partial charge in [-0.25, -0.2) is 0 Å². The highest BCUT2D eigenvalue weighted by Crippen LogP contribution is 2.20. The Morgan fingerprint density at radius 1 is 1.17 bits per heavy atom. The van der Waals surface area contributed by atoms with Crippen LogP contribution in [-0.4, -0.2) is 23.7 Å². The number of nitrogens with one attached hydrogen (secondary N) is 1. The average molecular weight is 257 g/mol. The van der Waals surface area contributed by atoms with Gasteiger partial charge in [-0.1, -0.05) is 53.4 Å². The minimum absolute atomic E-state index is 0.0689. The zero-order chi connectivity index (χ0) is 14.0. The van der Waals surface area contributed by atoms with Crippen LogP contribution in [0.15, 0.2) is 0 Å². The lowest BCUT2D eigenvalue weighted by molar-refractivity contribution is -0.121. The second-order valence-electron chi connectivity index (χ2n) is 6.39. The smallest absolute Gasteiger partial charge is 0.220 e. The van der Waals surface area contributed by atoms with Gasteiger partial charge in [0.2, 0.25) is 5.91 Å². The molecule has 0 fully saturated rings. The molecule has 0 aromatic carbocycles. The maximum atomic E-state index is 11.5. The van der Waals surface area contributed by atoms with Crippen molar-refractivity contribution < 1.29 is 9.90 Å². The van der Waals surface area contributed by atoms with Crippen molar-refractivity contribution in [1.82, 2.24) is 5.32 Å². The van der Waals surface area contributed by atoms with Crippen LogP contribution in [0.5, 0.6) is 0 Å². The minimum Gasteiger partial charge on any atom is -0.391 e. The van der Waals surface area contributed by atoms with Crippen molar-refractivity contribution in [2.24, 2.45) is 5.41 Å². The van der Waals surface area contributed by atoms with E-state index < -0.39 is 6.10 Å². The second kappa shape index (κ2) is 9.37. The van der Waals surface area contributed by atoms with Gasteiger partial charge in [0.15, 0.2) is 0 Å². The van der Waals surface area contributed by atoms with E-state index in [9.17, 15) is 9.90 Å². The first-order valence-corrected chi connectivity index (χ1v) is 7.30. The minimum atomic E-state index is -0.436. The first kappa shape index (κ1) is 17.4. The molecule has 0 spiro atoms. The van der Waals surface area contributed by atoms with Gasteiger partial charge in [-0.3, -0.25) is 4.79 Å². The fraction of sp³-hybridized carbons (Fsp3) is 0.933. The lowest BCUT2D eigenvalue weighted by Crippen LogP contribution is -2.34. The molecule has 0 aromatic heterocycles. The number of rotatable bonds is 9. The molecular weight excluding hydrogens is 226 g/mol. The highest BCUT2D eigenvalue weighted by Gasteiger charge is 2.16. The molecule has 0 radical (unpaired) electrons. The van der Waals surface area contributed by atoms with Gasteiger partial charge in [-0.15, -0.1) is 0 Å². The summed E-state index contributed by atoms with van der Waals surface area (Å²) in [6.45, 7) is 8.83. The van der Waals surface area contributed by atoms with Crippen LogP contribution in [0.3, 0.4) is 0 Å². The third-order valence-corrected chi connectivity index (χ3v) is 2.89. The van der Waals surface area contributed by atoms with E-state index in [2.05, 4.69) is 33.0 Å². The molecule has 0 aromatic rings. The number of hydrogen-bond acceptors (Lipinski definition) is 2. The lowest BCUT2D eigenvalue weighted by atomic mass is 9.89. The van der Waals surface area contributed by atoms with Gasteiger partial charge in [0, 0.05) is 13.0 Å². The SMILES string of the molecule is CCCCCCCC(=O)NCC(O)CC(C)(C)C. The summed E-state index contributed by atoms with van der Waals surface area (Å²) in [5.41, 5.74) is 0.101. The molecule has 3 heteroatoms. The number of amides is 1. The molecule has 0 rings (SSSR count). The molecule has 1 amide bonds. The van der Waals surface area contributed by atoms with Crippen LogP contribution in [0.25, 0.3) is 0 Å². The second-order valence-corrected chi connectivity index (χ2v) is 6.39. The average Bonchev–Trinajstić information content (AvgIpc) is 2.24. The van der Waals surface area contributed by atoms with E-state index in [1.54, 1.807) is 0 Å². The highest BCUT2D eigenvalue weighted by molar-refractivity contribution is 5.75. The predicted octanol–water partition coefficient (Wildman–Crippen LogP) is 3.26. The normalized spacial score (nSPS) is 13.4. The molecule has 0 saturated heterocycles. The Balaban J connectivity index is 3.52. The lowest BCUT2D eigenvalue weighted by Gasteiger charge is -2.22. The van der Waals surface area contributed by atoms with Crippen molar-refractivity contribution in [2.75, 3.05) is 6.54 Å². The van der Waals surface area contributed by atoms with Crippen LogP contribution < -0.4 is 5.32 Å². The Bertz CT molecular complexity index is 221. The summed E-state index contributed by atoms with van der Waals surface area (Å²) in [7, 11) is 0. The maximum Gasteiger partial charge on any atom is 0.220 e. The summed E-state index contributed by atoms with van der Waals surface area (Å²) >= 11 is 0. The van der Waals surface area contributed by atoms with Crippen LogP contribution in [0.1, 0.15) is 72.6 Å². The van der Waals surface area contributed by atoms with E-state index in [-0.39, 0.29) is 11.3 Å². The molecule has 0 aliphatic rings. The fourth-order valence-corrected chi connectivity index (χ4v) is 1.99. The molecule has 2 N–H and O–H groups in total. The maximum absolute atomic E-state index is 11.5. The molecule has 0 heterocycles. The van der Waals surface area contributed by atoms with E-state index in [1.807, 2.05) is 0 Å². The largest absolute Gasteiger partial charge is 0.391 e. The van der Waals surface area contributed by atoms with Crippen LogP contribution in [0, 0.1) is 5.41 Å². The quantitative estimate of drug-likeness (QED) is 0.623. The van der Waals surface area contributed by atoms with Crippen molar-refractivity contribution in [3.8, 4) is 0 Å². The van der Waals surface area contributed by atoms with Gasteiger partial charge in [0.05, 0.1) is 6.10 Å². The monoisotopic (exact) mass is 257 g/mol. The number of hydrogen-bond donors (Lipinski definition) is 2. The van der Waals surface area contributed by atoms with Gasteiger partial charge >= 0.3 is 0 Å². The number of carbonyl (C=O) groups is 1. The van der Waals surface area contributed by atoms with Crippen molar-refractivity contribution in [2.45, 2.75) is 78.7 Å². The van der Waals surface area contributed by atoms with E-state index in [0.717, 1.165) is 12.8 Å². The summed E-state index contributed by atoms with van der Waals surface area (Å²) in [4.78, 5) is 11.5. The van der Waals surface area contributed by atoms with Gasteiger partial charge in [0.1, 0.15) is 0 Å². The van der Waals surface area contributed by atoms with E-state index in [4.69, 9.17) is 0 Å². The molecular formula is C15H31NO2. The Hall–Kier alpha value is -0.570. The Morgan fingerprint density at radius 2 is 1.78 bits per heavy atom.